The highest BCUT2D eigenvalue weighted by Gasteiger charge is 2.10. The van der Waals surface area contributed by atoms with Crippen molar-refractivity contribution in [2.24, 2.45) is 0 Å². The summed E-state index contributed by atoms with van der Waals surface area (Å²) in [5.41, 5.74) is 2.47. The number of nitrogens with zero attached hydrogens (tertiary/aromatic N) is 2. The van der Waals surface area contributed by atoms with Crippen molar-refractivity contribution in [2.45, 2.75) is 33.1 Å². The van der Waals surface area contributed by atoms with Crippen LogP contribution in [0.4, 0.5) is 4.79 Å². The number of nitrogens with one attached hydrogen (secondary N) is 1. The first kappa shape index (κ1) is 18.8. The lowest BCUT2D eigenvalue weighted by Crippen LogP contribution is -2.42. The van der Waals surface area contributed by atoms with Gasteiger partial charge in [0.15, 0.2) is 6.73 Å². The molecule has 0 bridgehead atoms. The van der Waals surface area contributed by atoms with Crippen LogP contribution in [0.25, 0.3) is 0 Å². The topological polar surface area (TPSA) is 54.5 Å². The quantitative estimate of drug-likeness (QED) is 0.709. The van der Waals surface area contributed by atoms with Crippen LogP contribution in [0.3, 0.4) is 0 Å². The van der Waals surface area contributed by atoms with E-state index in [-0.39, 0.29) is 12.8 Å². The summed E-state index contributed by atoms with van der Waals surface area (Å²) in [6.07, 6.45) is 6.54. The molecule has 0 aliphatic carbocycles. The van der Waals surface area contributed by atoms with E-state index in [0.29, 0.717) is 13.1 Å². The molecule has 0 aliphatic rings. The maximum absolute atomic E-state index is 12.2. The van der Waals surface area contributed by atoms with Crippen molar-refractivity contribution in [3.63, 3.8) is 0 Å². The molecule has 0 atom stereocenters. The number of carbonyl (C=O) groups excluding carboxylic acids is 1. The number of hydrogen-bond acceptors (Lipinski definition) is 3. The molecular formula is C20H27N3O2. The molecular weight excluding hydrogens is 314 g/mol. The second kappa shape index (κ2) is 10.3. The van der Waals surface area contributed by atoms with E-state index in [0.717, 1.165) is 25.0 Å². The predicted molar refractivity (Wildman–Crippen MR) is 99.7 cm³/mol. The molecule has 1 N–H and O–H groups in total. The summed E-state index contributed by atoms with van der Waals surface area (Å²) in [7, 11) is 0. The Balaban J connectivity index is 1.73. The fraction of sp³-hybridized carbons (Fsp3) is 0.400. The zero-order valence-corrected chi connectivity index (χ0v) is 15.1. The highest BCUT2D eigenvalue weighted by atomic mass is 16.5. The molecule has 5 heteroatoms. The first-order valence-corrected chi connectivity index (χ1v) is 8.86. The highest BCUT2D eigenvalue weighted by molar-refractivity contribution is 5.74. The molecule has 0 fully saturated rings. The van der Waals surface area contributed by atoms with E-state index in [4.69, 9.17) is 4.74 Å². The molecule has 2 amide bonds. The minimum Gasteiger partial charge on any atom is -0.473 e. The largest absolute Gasteiger partial charge is 0.473 e. The Morgan fingerprint density at radius 1 is 1.04 bits per heavy atom. The van der Waals surface area contributed by atoms with E-state index in [1.54, 1.807) is 17.3 Å². The Labute approximate surface area is 150 Å². The number of benzene rings is 1. The average molecular weight is 341 g/mol. The second-order valence-corrected chi connectivity index (χ2v) is 5.85. The molecule has 1 heterocycles. The lowest BCUT2D eigenvalue weighted by atomic mass is 10.1. The van der Waals surface area contributed by atoms with Crippen LogP contribution in [0.15, 0.2) is 48.8 Å². The maximum atomic E-state index is 12.2. The number of carbonyl (C=O) groups is 1. The summed E-state index contributed by atoms with van der Waals surface area (Å²) < 4.78 is 5.60. The SMILES string of the molecule is CCCc1ccc(OCNC(=O)N(CC)CCc2ccncc2)cc1. The van der Waals surface area contributed by atoms with Gasteiger partial charge in [0.1, 0.15) is 5.75 Å². The van der Waals surface area contributed by atoms with Crippen LogP contribution < -0.4 is 10.1 Å². The average Bonchev–Trinajstić information content (AvgIpc) is 2.65. The fourth-order valence-corrected chi connectivity index (χ4v) is 2.55. The molecule has 0 saturated heterocycles. The second-order valence-electron chi connectivity index (χ2n) is 5.85. The minimum atomic E-state index is -0.112. The summed E-state index contributed by atoms with van der Waals surface area (Å²) in [4.78, 5) is 18.0. The Bertz CT molecular complexity index is 629. The van der Waals surface area contributed by atoms with E-state index in [1.165, 1.54) is 11.1 Å². The third-order valence-electron chi connectivity index (χ3n) is 4.01. The molecule has 1 aromatic carbocycles. The van der Waals surface area contributed by atoms with Crippen molar-refractivity contribution in [1.29, 1.82) is 0 Å². The standard InChI is InChI=1S/C20H27N3O2/c1-3-5-17-6-8-19(9-7-17)25-16-22-20(24)23(4-2)15-12-18-10-13-21-14-11-18/h6-11,13-14H,3-5,12,15-16H2,1-2H3,(H,22,24). The van der Waals surface area contributed by atoms with E-state index in [1.807, 2.05) is 31.2 Å². The molecule has 2 rings (SSSR count). The number of rotatable bonds is 9. The molecule has 0 unspecified atom stereocenters. The van der Waals surface area contributed by atoms with Gasteiger partial charge in [0.25, 0.3) is 0 Å². The van der Waals surface area contributed by atoms with E-state index >= 15 is 0 Å². The van der Waals surface area contributed by atoms with E-state index in [9.17, 15) is 4.79 Å². The minimum absolute atomic E-state index is 0.112. The van der Waals surface area contributed by atoms with Gasteiger partial charge in [0.05, 0.1) is 0 Å². The maximum Gasteiger partial charge on any atom is 0.320 e. The zero-order valence-electron chi connectivity index (χ0n) is 15.1. The van der Waals surface area contributed by atoms with Crippen LogP contribution in [0.1, 0.15) is 31.4 Å². The third kappa shape index (κ3) is 6.45. The van der Waals surface area contributed by atoms with Gasteiger partial charge in [-0.3, -0.25) is 4.98 Å². The van der Waals surface area contributed by atoms with Gasteiger partial charge in [-0.2, -0.15) is 0 Å². The van der Waals surface area contributed by atoms with Crippen molar-refractivity contribution in [1.82, 2.24) is 15.2 Å². The number of ether oxygens (including phenoxy) is 1. The Hall–Kier alpha value is -2.56. The van der Waals surface area contributed by atoms with Crippen molar-refractivity contribution >= 4 is 6.03 Å². The summed E-state index contributed by atoms with van der Waals surface area (Å²) in [5, 5.41) is 2.81. The molecule has 0 saturated carbocycles. The van der Waals surface area contributed by atoms with Crippen molar-refractivity contribution < 1.29 is 9.53 Å². The first-order chi connectivity index (χ1) is 12.2. The van der Waals surface area contributed by atoms with Gasteiger partial charge in [-0.15, -0.1) is 0 Å². The van der Waals surface area contributed by atoms with Crippen LogP contribution >= 0.6 is 0 Å². The van der Waals surface area contributed by atoms with Gasteiger partial charge in [-0.1, -0.05) is 25.5 Å². The summed E-state index contributed by atoms with van der Waals surface area (Å²) in [6, 6.07) is 11.8. The normalized spacial score (nSPS) is 10.3. The van der Waals surface area contributed by atoms with Gasteiger partial charge in [0.2, 0.25) is 0 Å². The number of likely N-dealkylation sites (N-methyl/N-ethyl adjacent to an activating group) is 1. The molecule has 0 spiro atoms. The van der Waals surface area contributed by atoms with Crippen molar-refractivity contribution in [2.75, 3.05) is 19.8 Å². The van der Waals surface area contributed by atoms with Crippen LogP contribution in [-0.2, 0) is 12.8 Å². The molecule has 0 aliphatic heterocycles. The van der Waals surface area contributed by atoms with Crippen molar-refractivity contribution in [3.8, 4) is 5.75 Å². The predicted octanol–water partition coefficient (Wildman–Crippen LogP) is 3.64. The smallest absolute Gasteiger partial charge is 0.320 e. The van der Waals surface area contributed by atoms with E-state index in [2.05, 4.69) is 29.4 Å². The van der Waals surface area contributed by atoms with Gasteiger partial charge >= 0.3 is 6.03 Å². The highest BCUT2D eigenvalue weighted by Crippen LogP contribution is 2.13. The monoisotopic (exact) mass is 341 g/mol. The Morgan fingerprint density at radius 3 is 2.36 bits per heavy atom. The Morgan fingerprint density at radius 2 is 1.72 bits per heavy atom. The number of pyridine rings is 1. The fourth-order valence-electron chi connectivity index (χ4n) is 2.55. The number of aryl methyl sites for hydroxylation is 1. The zero-order chi connectivity index (χ0) is 17.9. The van der Waals surface area contributed by atoms with Gasteiger partial charge in [0, 0.05) is 25.5 Å². The first-order valence-electron chi connectivity index (χ1n) is 8.86. The number of aromatic nitrogens is 1. The molecule has 1 aromatic heterocycles. The molecule has 5 nitrogen and oxygen atoms in total. The number of urea groups is 1. The van der Waals surface area contributed by atoms with Crippen molar-refractivity contribution in [3.05, 3.63) is 59.9 Å². The van der Waals surface area contributed by atoms with Gasteiger partial charge in [-0.25, -0.2) is 4.79 Å². The number of hydrogen-bond donors (Lipinski definition) is 1. The van der Waals surface area contributed by atoms with Gasteiger partial charge in [-0.05, 0) is 55.2 Å². The molecule has 134 valence electrons. The van der Waals surface area contributed by atoms with Gasteiger partial charge < -0.3 is 15.0 Å². The van der Waals surface area contributed by atoms with Crippen LogP contribution in [0.2, 0.25) is 0 Å². The summed E-state index contributed by atoms with van der Waals surface area (Å²) in [5.74, 6) is 0.764. The number of amides is 2. The molecule has 2 aromatic rings. The molecule has 25 heavy (non-hydrogen) atoms. The third-order valence-corrected chi connectivity index (χ3v) is 4.01. The van der Waals surface area contributed by atoms with Crippen LogP contribution in [0.5, 0.6) is 5.75 Å². The van der Waals surface area contributed by atoms with Crippen LogP contribution in [-0.4, -0.2) is 35.7 Å². The lowest BCUT2D eigenvalue weighted by Gasteiger charge is -2.21. The molecule has 0 radical (unpaired) electrons. The Kier molecular flexibility index (Phi) is 7.76. The van der Waals surface area contributed by atoms with E-state index < -0.39 is 0 Å². The van der Waals surface area contributed by atoms with Crippen LogP contribution in [0, 0.1) is 0 Å². The lowest BCUT2D eigenvalue weighted by molar-refractivity contribution is 0.187. The summed E-state index contributed by atoms with van der Waals surface area (Å²) >= 11 is 0. The summed E-state index contributed by atoms with van der Waals surface area (Å²) in [6.45, 7) is 5.62.